The molecular weight excluding hydrogens is 430 g/mol. The second kappa shape index (κ2) is 7.20. The molecule has 3 N–H and O–H groups in total. The Bertz CT molecular complexity index is 1450. The molecule has 160 valence electrons. The van der Waals surface area contributed by atoms with E-state index in [-0.39, 0.29) is 22.9 Å². The number of aromatic carboxylic acids is 1. The molecule has 1 aliphatic heterocycles. The molecule has 0 saturated carbocycles. The molecule has 3 aromatic carbocycles. The number of para-hydroxylation sites is 2. The van der Waals surface area contributed by atoms with Gasteiger partial charge in [-0.3, -0.25) is 0 Å². The van der Waals surface area contributed by atoms with Crippen molar-refractivity contribution in [3.8, 4) is 0 Å². The summed E-state index contributed by atoms with van der Waals surface area (Å²) in [5.74, 6) is -0.481. The van der Waals surface area contributed by atoms with E-state index in [4.69, 9.17) is 5.73 Å². The van der Waals surface area contributed by atoms with Crippen molar-refractivity contribution < 1.29 is 18.3 Å². The molecule has 32 heavy (non-hydrogen) atoms. The lowest BCUT2D eigenvalue weighted by atomic mass is 10.2. The molecule has 0 unspecified atom stereocenters. The van der Waals surface area contributed by atoms with E-state index in [1.54, 1.807) is 35.2 Å². The molecule has 0 radical (unpaired) electrons. The maximum absolute atomic E-state index is 13.5. The van der Waals surface area contributed by atoms with E-state index in [2.05, 4.69) is 9.97 Å². The number of benzene rings is 3. The molecule has 9 nitrogen and oxygen atoms in total. The van der Waals surface area contributed by atoms with Crippen molar-refractivity contribution in [3.63, 3.8) is 0 Å². The largest absolute Gasteiger partial charge is 0.478 e. The molecule has 2 heterocycles. The Morgan fingerprint density at radius 2 is 1.47 bits per heavy atom. The summed E-state index contributed by atoms with van der Waals surface area (Å²) in [5.41, 5.74) is 8.07. The second-order valence-corrected chi connectivity index (χ2v) is 9.07. The summed E-state index contributed by atoms with van der Waals surface area (Å²) < 4.78 is 28.1. The summed E-state index contributed by atoms with van der Waals surface area (Å²) in [6, 6.07) is 19.3. The average molecular weight is 447 g/mol. The molecule has 0 atom stereocenters. The topological polar surface area (TPSA) is 130 Å². The fourth-order valence-corrected chi connectivity index (χ4v) is 4.89. The SMILES string of the molecule is Nc1ccc(S(=O)(=O)N2CN(c3ccc(C(=O)O)cc3)c3nc4ccccc4nc32)cc1. The number of fused-ring (bicyclic) bond motifs is 2. The Labute approximate surface area is 183 Å². The third kappa shape index (κ3) is 3.17. The molecule has 0 fully saturated rings. The summed E-state index contributed by atoms with van der Waals surface area (Å²) in [4.78, 5) is 22.2. The fraction of sp³-hybridized carbons (Fsp3) is 0.0455. The minimum atomic E-state index is -3.96. The van der Waals surface area contributed by atoms with Gasteiger partial charge in [0.15, 0.2) is 11.6 Å². The molecule has 1 aliphatic rings. The quantitative estimate of drug-likeness (QED) is 0.456. The highest BCUT2D eigenvalue weighted by atomic mass is 32.2. The van der Waals surface area contributed by atoms with Crippen LogP contribution in [-0.2, 0) is 10.0 Å². The summed E-state index contributed by atoms with van der Waals surface area (Å²) >= 11 is 0. The number of aromatic nitrogens is 2. The normalized spacial score (nSPS) is 13.4. The van der Waals surface area contributed by atoms with E-state index in [9.17, 15) is 18.3 Å². The highest BCUT2D eigenvalue weighted by molar-refractivity contribution is 7.92. The van der Waals surface area contributed by atoms with Crippen LogP contribution in [0.4, 0.5) is 23.0 Å². The van der Waals surface area contributed by atoms with Crippen LogP contribution in [0.25, 0.3) is 11.0 Å². The summed E-state index contributed by atoms with van der Waals surface area (Å²) in [5, 5.41) is 9.18. The van der Waals surface area contributed by atoms with E-state index in [1.165, 1.54) is 40.7 Å². The Balaban J connectivity index is 1.66. The number of carboxylic acid groups (broad SMARTS) is 1. The standard InChI is InChI=1S/C22H17N5O4S/c23-15-7-11-17(12-8-15)32(30,31)27-13-26(16-9-5-14(6-10-16)22(28)29)20-21(27)25-19-4-2-1-3-18(19)24-20/h1-12H,13,23H2,(H,28,29). The third-order valence-corrected chi connectivity index (χ3v) is 6.93. The number of hydrogen-bond donors (Lipinski definition) is 2. The minimum absolute atomic E-state index is 0.0647. The van der Waals surface area contributed by atoms with Crippen LogP contribution >= 0.6 is 0 Å². The van der Waals surface area contributed by atoms with Gasteiger partial charge < -0.3 is 15.7 Å². The molecule has 0 aliphatic carbocycles. The van der Waals surface area contributed by atoms with Crippen molar-refractivity contribution in [1.29, 1.82) is 0 Å². The summed E-state index contributed by atoms with van der Waals surface area (Å²) in [6.07, 6.45) is 0. The maximum Gasteiger partial charge on any atom is 0.335 e. The molecule has 0 saturated heterocycles. The van der Waals surface area contributed by atoms with Gasteiger partial charge >= 0.3 is 5.97 Å². The van der Waals surface area contributed by atoms with E-state index >= 15 is 0 Å². The van der Waals surface area contributed by atoms with Crippen LogP contribution in [0, 0.1) is 0 Å². The number of carbonyl (C=O) groups is 1. The van der Waals surface area contributed by atoms with E-state index in [0.29, 0.717) is 28.2 Å². The average Bonchev–Trinajstić information content (AvgIpc) is 3.17. The van der Waals surface area contributed by atoms with Crippen molar-refractivity contribution >= 4 is 50.0 Å². The fourth-order valence-electron chi connectivity index (χ4n) is 3.54. The van der Waals surface area contributed by atoms with Gasteiger partial charge in [0, 0.05) is 11.4 Å². The van der Waals surface area contributed by atoms with Crippen molar-refractivity contribution in [3.05, 3.63) is 78.4 Å². The molecule has 10 heteroatoms. The molecular formula is C22H17N5O4S. The predicted molar refractivity (Wildman–Crippen MR) is 120 cm³/mol. The van der Waals surface area contributed by atoms with Gasteiger partial charge in [0.2, 0.25) is 0 Å². The zero-order chi connectivity index (χ0) is 22.5. The number of sulfonamides is 1. The summed E-state index contributed by atoms with van der Waals surface area (Å²) in [6.45, 7) is -0.0647. The lowest BCUT2D eigenvalue weighted by Crippen LogP contribution is -2.34. The van der Waals surface area contributed by atoms with Crippen molar-refractivity contribution in [2.75, 3.05) is 21.6 Å². The predicted octanol–water partition coefficient (Wildman–Crippen LogP) is 3.21. The zero-order valence-electron chi connectivity index (χ0n) is 16.6. The minimum Gasteiger partial charge on any atom is -0.478 e. The number of nitrogen functional groups attached to an aromatic ring is 1. The lowest BCUT2D eigenvalue weighted by Gasteiger charge is -2.21. The first-order valence-electron chi connectivity index (χ1n) is 9.60. The van der Waals surface area contributed by atoms with Gasteiger partial charge in [-0.05, 0) is 60.7 Å². The van der Waals surface area contributed by atoms with E-state index in [0.717, 1.165) is 0 Å². The molecule has 4 aromatic rings. The number of rotatable bonds is 4. The molecule has 1 aromatic heterocycles. The Hall–Kier alpha value is -4.18. The van der Waals surface area contributed by atoms with Gasteiger partial charge in [-0.2, -0.15) is 0 Å². The van der Waals surface area contributed by atoms with Crippen LogP contribution in [-0.4, -0.2) is 36.1 Å². The van der Waals surface area contributed by atoms with Gasteiger partial charge in [0.1, 0.15) is 6.67 Å². The van der Waals surface area contributed by atoms with Gasteiger partial charge in [-0.25, -0.2) is 27.5 Å². The van der Waals surface area contributed by atoms with Gasteiger partial charge in [-0.1, -0.05) is 12.1 Å². The molecule has 0 spiro atoms. The van der Waals surface area contributed by atoms with Crippen LogP contribution in [0.5, 0.6) is 0 Å². The second-order valence-electron chi connectivity index (χ2n) is 7.20. The highest BCUT2D eigenvalue weighted by Gasteiger charge is 2.38. The van der Waals surface area contributed by atoms with Crippen molar-refractivity contribution in [2.24, 2.45) is 0 Å². The van der Waals surface area contributed by atoms with Crippen LogP contribution in [0.3, 0.4) is 0 Å². The summed E-state index contributed by atoms with van der Waals surface area (Å²) in [7, 11) is -3.96. The molecule has 0 amide bonds. The number of nitrogens with two attached hydrogens (primary N) is 1. The number of nitrogens with zero attached hydrogens (tertiary/aromatic N) is 4. The van der Waals surface area contributed by atoms with Crippen LogP contribution in [0.15, 0.2) is 77.7 Å². The van der Waals surface area contributed by atoms with Crippen molar-refractivity contribution in [2.45, 2.75) is 4.90 Å². The smallest absolute Gasteiger partial charge is 0.335 e. The first-order valence-corrected chi connectivity index (χ1v) is 11.0. The zero-order valence-corrected chi connectivity index (χ0v) is 17.4. The van der Waals surface area contributed by atoms with Crippen LogP contribution < -0.4 is 14.9 Å². The lowest BCUT2D eigenvalue weighted by molar-refractivity contribution is 0.0697. The first kappa shape index (κ1) is 19.8. The maximum atomic E-state index is 13.5. The van der Waals surface area contributed by atoms with Gasteiger partial charge in [-0.15, -0.1) is 0 Å². The van der Waals surface area contributed by atoms with E-state index in [1.807, 2.05) is 6.07 Å². The van der Waals surface area contributed by atoms with Gasteiger partial charge in [0.25, 0.3) is 10.0 Å². The monoisotopic (exact) mass is 447 g/mol. The third-order valence-electron chi connectivity index (χ3n) is 5.19. The molecule has 5 rings (SSSR count). The number of carboxylic acids is 1. The number of hydrogen-bond acceptors (Lipinski definition) is 7. The van der Waals surface area contributed by atoms with Crippen molar-refractivity contribution in [1.82, 2.24) is 9.97 Å². The van der Waals surface area contributed by atoms with E-state index < -0.39 is 16.0 Å². The first-order chi connectivity index (χ1) is 15.3. The number of anilines is 4. The Morgan fingerprint density at radius 3 is 2.06 bits per heavy atom. The van der Waals surface area contributed by atoms with Crippen LogP contribution in [0.1, 0.15) is 10.4 Å². The van der Waals surface area contributed by atoms with Crippen LogP contribution in [0.2, 0.25) is 0 Å². The Kier molecular flexibility index (Phi) is 4.45. The highest BCUT2D eigenvalue weighted by Crippen LogP contribution is 2.41. The Morgan fingerprint density at radius 1 is 0.875 bits per heavy atom. The molecule has 0 bridgehead atoms. The van der Waals surface area contributed by atoms with Gasteiger partial charge in [0.05, 0.1) is 21.5 Å².